The summed E-state index contributed by atoms with van der Waals surface area (Å²) in [5.41, 5.74) is 5.63. The summed E-state index contributed by atoms with van der Waals surface area (Å²) in [6.45, 7) is 11.4. The number of benzene rings is 1. The van der Waals surface area contributed by atoms with Crippen LogP contribution in [0.1, 0.15) is 33.0 Å². The fourth-order valence-corrected chi connectivity index (χ4v) is 3.34. The summed E-state index contributed by atoms with van der Waals surface area (Å²) in [6.07, 6.45) is 1.60. The molecule has 1 aromatic carbocycles. The van der Waals surface area contributed by atoms with Crippen molar-refractivity contribution in [2.75, 3.05) is 7.11 Å². The molecule has 0 spiro atoms. The van der Waals surface area contributed by atoms with Crippen LogP contribution in [0.25, 0.3) is 16.0 Å². The Hall–Kier alpha value is -3.90. The molecule has 0 aliphatic carbocycles. The zero-order valence-corrected chi connectivity index (χ0v) is 15.9. The molecule has 0 radical (unpaired) electrons. The number of pyridine rings is 1. The van der Waals surface area contributed by atoms with Crippen LogP contribution in [0.2, 0.25) is 0 Å². The fraction of sp³-hybridized carbons (Fsp3) is 0.182. The SMILES string of the molecule is [C-]#[N+]c1ccc(-c2c(C(=O)OC)c(C)n(Cc3ccnc(C#N)c3)c2C)cc1. The summed E-state index contributed by atoms with van der Waals surface area (Å²) in [7, 11) is 1.36. The normalized spacial score (nSPS) is 10.2. The van der Waals surface area contributed by atoms with Gasteiger partial charge in [0.05, 0.1) is 19.2 Å². The number of methoxy groups -OCH3 is 1. The van der Waals surface area contributed by atoms with Crippen molar-refractivity contribution in [3.8, 4) is 17.2 Å². The number of esters is 1. The first kappa shape index (κ1) is 18.9. The van der Waals surface area contributed by atoms with Gasteiger partial charge in [-0.25, -0.2) is 14.6 Å². The molecule has 0 saturated carbocycles. The Morgan fingerprint density at radius 1 is 1.25 bits per heavy atom. The van der Waals surface area contributed by atoms with Crippen LogP contribution in [0.4, 0.5) is 5.69 Å². The zero-order chi connectivity index (χ0) is 20.3. The number of rotatable bonds is 4. The lowest BCUT2D eigenvalue weighted by Gasteiger charge is -2.10. The molecule has 6 heteroatoms. The Balaban J connectivity index is 2.16. The molecule has 0 N–H and O–H groups in total. The van der Waals surface area contributed by atoms with E-state index in [4.69, 9.17) is 16.6 Å². The molecule has 2 heterocycles. The van der Waals surface area contributed by atoms with Crippen molar-refractivity contribution in [2.24, 2.45) is 0 Å². The minimum Gasteiger partial charge on any atom is -0.465 e. The van der Waals surface area contributed by atoms with Crippen LogP contribution < -0.4 is 0 Å². The van der Waals surface area contributed by atoms with Crippen LogP contribution in [0, 0.1) is 31.8 Å². The molecule has 0 aliphatic heterocycles. The van der Waals surface area contributed by atoms with E-state index in [0.29, 0.717) is 23.5 Å². The van der Waals surface area contributed by atoms with E-state index >= 15 is 0 Å². The van der Waals surface area contributed by atoms with Gasteiger partial charge in [0.25, 0.3) is 0 Å². The van der Waals surface area contributed by atoms with Crippen LogP contribution in [-0.2, 0) is 11.3 Å². The maximum Gasteiger partial charge on any atom is 0.340 e. The average molecular weight is 370 g/mol. The van der Waals surface area contributed by atoms with Gasteiger partial charge in [0.15, 0.2) is 5.69 Å². The Labute approximate surface area is 163 Å². The summed E-state index contributed by atoms with van der Waals surface area (Å²) in [5.74, 6) is -0.406. The van der Waals surface area contributed by atoms with Gasteiger partial charge in [-0.3, -0.25) is 0 Å². The number of hydrogen-bond donors (Lipinski definition) is 0. The van der Waals surface area contributed by atoms with E-state index < -0.39 is 5.97 Å². The van der Waals surface area contributed by atoms with Gasteiger partial charge >= 0.3 is 5.97 Å². The monoisotopic (exact) mass is 370 g/mol. The molecule has 138 valence electrons. The Morgan fingerprint density at radius 2 is 1.96 bits per heavy atom. The number of aromatic nitrogens is 2. The molecular weight excluding hydrogens is 352 g/mol. The van der Waals surface area contributed by atoms with Gasteiger partial charge in [0.1, 0.15) is 11.8 Å². The molecule has 3 aromatic rings. The number of ether oxygens (including phenoxy) is 1. The quantitative estimate of drug-likeness (QED) is 0.503. The van der Waals surface area contributed by atoms with Crippen LogP contribution in [0.15, 0.2) is 42.6 Å². The highest BCUT2D eigenvalue weighted by molar-refractivity contribution is 5.99. The second-order valence-corrected chi connectivity index (χ2v) is 6.32. The molecule has 28 heavy (non-hydrogen) atoms. The Kier molecular flexibility index (Phi) is 5.24. The first-order chi connectivity index (χ1) is 13.5. The maximum absolute atomic E-state index is 12.5. The number of hydrogen-bond acceptors (Lipinski definition) is 4. The smallest absolute Gasteiger partial charge is 0.340 e. The molecule has 0 aliphatic rings. The molecule has 0 unspecified atom stereocenters. The highest BCUT2D eigenvalue weighted by Crippen LogP contribution is 2.34. The lowest BCUT2D eigenvalue weighted by molar-refractivity contribution is 0.0600. The van der Waals surface area contributed by atoms with E-state index in [2.05, 4.69) is 9.83 Å². The first-order valence-corrected chi connectivity index (χ1v) is 8.61. The molecule has 0 saturated heterocycles. The molecular formula is C22H18N4O2. The van der Waals surface area contributed by atoms with Gasteiger partial charge in [-0.15, -0.1) is 0 Å². The van der Waals surface area contributed by atoms with E-state index in [1.54, 1.807) is 24.4 Å². The highest BCUT2D eigenvalue weighted by atomic mass is 16.5. The summed E-state index contributed by atoms with van der Waals surface area (Å²) >= 11 is 0. The van der Waals surface area contributed by atoms with Crippen LogP contribution in [0.3, 0.4) is 0 Å². The molecule has 3 rings (SSSR count). The first-order valence-electron chi connectivity index (χ1n) is 8.61. The van der Waals surface area contributed by atoms with E-state index in [9.17, 15) is 4.79 Å². The molecule has 0 fully saturated rings. The second kappa shape index (κ2) is 7.77. The van der Waals surface area contributed by atoms with Crippen molar-refractivity contribution in [3.05, 3.63) is 82.2 Å². The minimum absolute atomic E-state index is 0.350. The molecule has 0 bridgehead atoms. The maximum atomic E-state index is 12.5. The van der Waals surface area contributed by atoms with E-state index in [0.717, 1.165) is 28.1 Å². The van der Waals surface area contributed by atoms with Crippen molar-refractivity contribution < 1.29 is 9.53 Å². The van der Waals surface area contributed by atoms with E-state index in [-0.39, 0.29) is 0 Å². The minimum atomic E-state index is -0.406. The van der Waals surface area contributed by atoms with E-state index in [1.165, 1.54) is 7.11 Å². The van der Waals surface area contributed by atoms with Gasteiger partial charge in [-0.1, -0.05) is 24.3 Å². The van der Waals surface area contributed by atoms with Crippen LogP contribution >= 0.6 is 0 Å². The summed E-state index contributed by atoms with van der Waals surface area (Å²) in [6, 6.07) is 12.8. The lowest BCUT2D eigenvalue weighted by Crippen LogP contribution is -2.07. The Morgan fingerprint density at radius 3 is 2.57 bits per heavy atom. The van der Waals surface area contributed by atoms with Gasteiger partial charge in [-0.05, 0) is 37.1 Å². The number of nitriles is 1. The van der Waals surface area contributed by atoms with Gasteiger partial charge in [0, 0.05) is 29.7 Å². The molecule has 2 aromatic heterocycles. The van der Waals surface area contributed by atoms with Gasteiger partial charge in [-0.2, -0.15) is 5.26 Å². The zero-order valence-electron chi connectivity index (χ0n) is 15.9. The van der Waals surface area contributed by atoms with Crippen molar-refractivity contribution in [1.29, 1.82) is 5.26 Å². The van der Waals surface area contributed by atoms with Gasteiger partial charge in [0.2, 0.25) is 0 Å². The largest absolute Gasteiger partial charge is 0.465 e. The molecule has 0 atom stereocenters. The third-order valence-corrected chi connectivity index (χ3v) is 4.74. The average Bonchev–Trinajstić information content (AvgIpc) is 2.98. The van der Waals surface area contributed by atoms with Crippen LogP contribution in [0.5, 0.6) is 0 Å². The third-order valence-electron chi connectivity index (χ3n) is 4.74. The van der Waals surface area contributed by atoms with Crippen molar-refractivity contribution >= 4 is 11.7 Å². The Bertz CT molecular complexity index is 1130. The van der Waals surface area contributed by atoms with E-state index in [1.807, 2.05) is 42.7 Å². The lowest BCUT2D eigenvalue weighted by atomic mass is 10.0. The predicted octanol–water partition coefficient (Wildman–Crippen LogP) is 4.42. The number of carbonyl (C=O) groups excluding carboxylic acids is 1. The second-order valence-electron chi connectivity index (χ2n) is 6.32. The highest BCUT2D eigenvalue weighted by Gasteiger charge is 2.24. The van der Waals surface area contributed by atoms with Gasteiger partial charge < -0.3 is 9.30 Å². The van der Waals surface area contributed by atoms with Crippen molar-refractivity contribution in [2.45, 2.75) is 20.4 Å². The van der Waals surface area contributed by atoms with Crippen molar-refractivity contribution in [1.82, 2.24) is 9.55 Å². The summed E-state index contributed by atoms with van der Waals surface area (Å²) < 4.78 is 7.05. The third kappa shape index (κ3) is 3.36. The summed E-state index contributed by atoms with van der Waals surface area (Å²) in [4.78, 5) is 20.0. The van der Waals surface area contributed by atoms with Crippen LogP contribution in [-0.4, -0.2) is 22.6 Å². The summed E-state index contributed by atoms with van der Waals surface area (Å²) in [5, 5.41) is 9.08. The topological polar surface area (TPSA) is 72.3 Å². The molecule has 6 nitrogen and oxygen atoms in total. The number of carbonyl (C=O) groups is 1. The predicted molar refractivity (Wildman–Crippen MR) is 105 cm³/mol. The fourth-order valence-electron chi connectivity index (χ4n) is 3.34. The standard InChI is InChI=1S/C22H18N4O2/c1-14-20(17-5-7-18(24-3)8-6-17)21(22(27)28-4)15(2)26(14)13-16-9-10-25-19(11-16)12-23/h5-11H,13H2,1-2,4H3. The van der Waals surface area contributed by atoms with Crippen molar-refractivity contribution in [3.63, 3.8) is 0 Å². The molecule has 0 amide bonds. The number of nitrogens with zero attached hydrogens (tertiary/aromatic N) is 4.